The Hall–Kier alpha value is -2.37. The Kier molecular flexibility index (Phi) is 4.91. The highest BCUT2D eigenvalue weighted by atomic mass is 32.1. The quantitative estimate of drug-likeness (QED) is 0.743. The monoisotopic (exact) mass is 366 g/mol. The smallest absolute Gasteiger partial charge is 0.253 e. The van der Waals surface area contributed by atoms with E-state index in [1.165, 1.54) is 18.8 Å². The fourth-order valence-electron chi connectivity index (χ4n) is 3.40. The first-order chi connectivity index (χ1) is 12.7. The van der Waals surface area contributed by atoms with E-state index in [4.69, 9.17) is 0 Å². The zero-order valence-corrected chi connectivity index (χ0v) is 15.8. The lowest BCUT2D eigenvalue weighted by Gasteiger charge is -2.31. The number of nitrogens with one attached hydrogen (secondary N) is 2. The van der Waals surface area contributed by atoms with Crippen molar-refractivity contribution in [3.63, 3.8) is 0 Å². The van der Waals surface area contributed by atoms with Crippen molar-refractivity contribution < 1.29 is 9.69 Å². The van der Waals surface area contributed by atoms with Gasteiger partial charge in [0.1, 0.15) is 0 Å². The molecule has 0 unspecified atom stereocenters. The molecule has 0 saturated carbocycles. The molecule has 2 N–H and O–H groups in total. The van der Waals surface area contributed by atoms with Gasteiger partial charge in [-0.1, -0.05) is 30.3 Å². The van der Waals surface area contributed by atoms with E-state index in [1.807, 2.05) is 23.6 Å². The Morgan fingerprint density at radius 3 is 2.62 bits per heavy atom. The van der Waals surface area contributed by atoms with E-state index in [0.717, 1.165) is 34.3 Å². The molecule has 1 aliphatic heterocycles. The number of quaternary nitrogens is 1. The number of nitrogens with zero attached hydrogens (tertiary/aromatic N) is 1. The summed E-state index contributed by atoms with van der Waals surface area (Å²) in [5.41, 5.74) is 3.17. The minimum absolute atomic E-state index is 0.00595. The van der Waals surface area contributed by atoms with Gasteiger partial charge < -0.3 is 15.1 Å². The third kappa shape index (κ3) is 3.59. The molecule has 0 aliphatic carbocycles. The molecule has 0 spiro atoms. The number of amides is 1. The maximum Gasteiger partial charge on any atom is 0.253 e. The molecule has 1 aliphatic rings. The summed E-state index contributed by atoms with van der Waals surface area (Å²) in [5.74, 6) is -0.00595. The van der Waals surface area contributed by atoms with Crippen molar-refractivity contribution >= 4 is 33.0 Å². The standard InChI is InChI=1S/C21H23N3OS/c1-23-10-12-24(13-11-23)17-8-6-16(7-9-17)14-22-21(25)19-15-26-20-5-3-2-4-18(19)20/h2-9,15H,10-14H2,1H3,(H,22,25)/p+1. The molecule has 26 heavy (non-hydrogen) atoms. The lowest BCUT2D eigenvalue weighted by molar-refractivity contribution is -0.880. The number of hydrogen-bond donors (Lipinski definition) is 2. The van der Waals surface area contributed by atoms with Crippen LogP contribution in [0.4, 0.5) is 5.69 Å². The maximum absolute atomic E-state index is 12.5. The first kappa shape index (κ1) is 17.1. The summed E-state index contributed by atoms with van der Waals surface area (Å²) in [6, 6.07) is 16.6. The minimum Gasteiger partial charge on any atom is -0.360 e. The number of carbonyl (C=O) groups excluding carboxylic acids is 1. The number of likely N-dealkylation sites (N-methyl/N-ethyl adjacent to an activating group) is 1. The Labute approximate surface area is 158 Å². The van der Waals surface area contributed by atoms with Gasteiger partial charge in [0.2, 0.25) is 0 Å². The summed E-state index contributed by atoms with van der Waals surface area (Å²) in [6.45, 7) is 5.13. The second-order valence-electron chi connectivity index (χ2n) is 6.94. The largest absolute Gasteiger partial charge is 0.360 e. The van der Waals surface area contributed by atoms with Crippen LogP contribution < -0.4 is 15.1 Å². The first-order valence-electron chi connectivity index (χ1n) is 9.10. The average Bonchev–Trinajstić information content (AvgIpc) is 3.11. The fraction of sp³-hybridized carbons (Fsp3) is 0.286. The van der Waals surface area contributed by atoms with Gasteiger partial charge in [0.15, 0.2) is 0 Å². The summed E-state index contributed by atoms with van der Waals surface area (Å²) in [7, 11) is 2.25. The van der Waals surface area contributed by atoms with Crippen LogP contribution in [0.2, 0.25) is 0 Å². The second-order valence-corrected chi connectivity index (χ2v) is 7.85. The summed E-state index contributed by atoms with van der Waals surface area (Å²) in [5, 5.41) is 6.02. The molecule has 2 heterocycles. The number of anilines is 1. The van der Waals surface area contributed by atoms with Crippen LogP contribution in [0, 0.1) is 0 Å². The van der Waals surface area contributed by atoms with Crippen molar-refractivity contribution in [1.29, 1.82) is 0 Å². The molecule has 134 valence electrons. The van der Waals surface area contributed by atoms with Gasteiger partial charge >= 0.3 is 0 Å². The van der Waals surface area contributed by atoms with Gasteiger partial charge in [-0.05, 0) is 23.8 Å². The van der Waals surface area contributed by atoms with Crippen LogP contribution in [0.15, 0.2) is 53.9 Å². The number of thiophene rings is 1. The molecular weight excluding hydrogens is 342 g/mol. The van der Waals surface area contributed by atoms with Crippen molar-refractivity contribution in [2.24, 2.45) is 0 Å². The SMILES string of the molecule is C[NH+]1CCN(c2ccc(CNC(=O)c3csc4ccccc34)cc2)CC1. The Morgan fingerprint density at radius 2 is 1.85 bits per heavy atom. The van der Waals surface area contributed by atoms with E-state index in [-0.39, 0.29) is 5.91 Å². The van der Waals surface area contributed by atoms with Crippen molar-refractivity contribution in [3.05, 3.63) is 65.0 Å². The van der Waals surface area contributed by atoms with Gasteiger partial charge in [-0.25, -0.2) is 0 Å². The lowest BCUT2D eigenvalue weighted by atomic mass is 10.1. The van der Waals surface area contributed by atoms with Crippen LogP contribution >= 0.6 is 11.3 Å². The first-order valence-corrected chi connectivity index (χ1v) is 9.98. The van der Waals surface area contributed by atoms with Crippen molar-refractivity contribution in [3.8, 4) is 0 Å². The normalized spacial score (nSPS) is 15.3. The van der Waals surface area contributed by atoms with E-state index < -0.39 is 0 Å². The molecule has 0 atom stereocenters. The van der Waals surface area contributed by atoms with Crippen molar-refractivity contribution in [2.75, 3.05) is 38.1 Å². The lowest BCUT2D eigenvalue weighted by Crippen LogP contribution is -3.12. The Bertz CT molecular complexity index is 895. The third-order valence-corrected chi connectivity index (χ3v) is 6.06. The molecular formula is C21H24N3OS+. The maximum atomic E-state index is 12.5. The van der Waals surface area contributed by atoms with Gasteiger partial charge in [0, 0.05) is 27.7 Å². The summed E-state index contributed by atoms with van der Waals surface area (Å²) in [4.78, 5) is 16.6. The molecule has 4 nitrogen and oxygen atoms in total. The molecule has 1 saturated heterocycles. The highest BCUT2D eigenvalue weighted by Gasteiger charge is 2.17. The van der Waals surface area contributed by atoms with Gasteiger partial charge in [0.25, 0.3) is 5.91 Å². The molecule has 2 aromatic carbocycles. The molecule has 1 amide bonds. The number of carbonyl (C=O) groups is 1. The molecule has 1 aromatic heterocycles. The number of hydrogen-bond acceptors (Lipinski definition) is 3. The topological polar surface area (TPSA) is 36.8 Å². The number of fused-ring (bicyclic) bond motifs is 1. The molecule has 4 rings (SSSR count). The van der Waals surface area contributed by atoms with E-state index in [1.54, 1.807) is 16.2 Å². The summed E-state index contributed by atoms with van der Waals surface area (Å²) in [6.07, 6.45) is 0. The van der Waals surface area contributed by atoms with Gasteiger partial charge in [-0.3, -0.25) is 4.79 Å². The second kappa shape index (κ2) is 7.48. The van der Waals surface area contributed by atoms with E-state index in [2.05, 4.69) is 47.6 Å². The Morgan fingerprint density at radius 1 is 1.12 bits per heavy atom. The molecule has 3 aromatic rings. The van der Waals surface area contributed by atoms with Crippen LogP contribution in [0.1, 0.15) is 15.9 Å². The van der Waals surface area contributed by atoms with Crippen LogP contribution in [-0.4, -0.2) is 39.1 Å². The third-order valence-electron chi connectivity index (χ3n) is 5.10. The highest BCUT2D eigenvalue weighted by Crippen LogP contribution is 2.25. The predicted molar refractivity (Wildman–Crippen MR) is 108 cm³/mol. The number of benzene rings is 2. The van der Waals surface area contributed by atoms with Crippen molar-refractivity contribution in [1.82, 2.24) is 5.32 Å². The molecule has 0 radical (unpaired) electrons. The predicted octanol–water partition coefficient (Wildman–Crippen LogP) is 2.17. The van der Waals surface area contributed by atoms with Gasteiger partial charge in [-0.2, -0.15) is 0 Å². The molecule has 5 heteroatoms. The van der Waals surface area contributed by atoms with Crippen molar-refractivity contribution in [2.45, 2.75) is 6.54 Å². The van der Waals surface area contributed by atoms with E-state index in [9.17, 15) is 4.79 Å². The van der Waals surface area contributed by atoms with E-state index in [0.29, 0.717) is 6.54 Å². The van der Waals surface area contributed by atoms with Crippen LogP contribution in [0.3, 0.4) is 0 Å². The molecule has 1 fully saturated rings. The van der Waals surface area contributed by atoms with E-state index >= 15 is 0 Å². The fourth-order valence-corrected chi connectivity index (χ4v) is 4.34. The van der Waals surface area contributed by atoms with Gasteiger partial charge in [-0.15, -0.1) is 11.3 Å². The van der Waals surface area contributed by atoms with Gasteiger partial charge in [0.05, 0.1) is 38.8 Å². The number of rotatable bonds is 4. The summed E-state index contributed by atoms with van der Waals surface area (Å²) >= 11 is 1.61. The van der Waals surface area contributed by atoms with Crippen LogP contribution in [0.5, 0.6) is 0 Å². The Balaban J connectivity index is 1.38. The average molecular weight is 367 g/mol. The summed E-state index contributed by atoms with van der Waals surface area (Å²) < 4.78 is 1.15. The molecule has 0 bridgehead atoms. The zero-order chi connectivity index (χ0) is 17.9. The highest BCUT2D eigenvalue weighted by molar-refractivity contribution is 7.17. The van der Waals surface area contributed by atoms with Crippen LogP contribution in [-0.2, 0) is 6.54 Å². The zero-order valence-electron chi connectivity index (χ0n) is 15.0. The minimum atomic E-state index is -0.00595. The number of piperazine rings is 1. The van der Waals surface area contributed by atoms with Crippen LogP contribution in [0.25, 0.3) is 10.1 Å².